The van der Waals surface area contributed by atoms with Gasteiger partial charge in [0.05, 0.1) is 6.54 Å². The van der Waals surface area contributed by atoms with Crippen LogP contribution in [0.25, 0.3) is 0 Å². The third kappa shape index (κ3) is 4.00. The molecule has 0 aliphatic carbocycles. The fourth-order valence-electron chi connectivity index (χ4n) is 0.900. The molecule has 76 valence electrons. The van der Waals surface area contributed by atoms with Gasteiger partial charge in [-0.05, 0) is 18.2 Å². The predicted molar refractivity (Wildman–Crippen MR) is 54.5 cm³/mol. The number of hydrogen-bond donors (Lipinski definition) is 2. The Morgan fingerprint density at radius 2 is 2.36 bits per heavy atom. The van der Waals surface area contributed by atoms with E-state index < -0.39 is 6.03 Å². The quantitative estimate of drug-likeness (QED) is 0.744. The van der Waals surface area contributed by atoms with Crippen LogP contribution in [0.5, 0.6) is 5.75 Å². The summed E-state index contributed by atoms with van der Waals surface area (Å²) in [6.07, 6.45) is 0. The SMILES string of the molecule is NC(=O)NCCOc1cccc(Cl)c1. The first-order valence-electron chi connectivity index (χ1n) is 4.10. The first-order valence-corrected chi connectivity index (χ1v) is 4.48. The highest BCUT2D eigenvalue weighted by atomic mass is 35.5. The average Bonchev–Trinajstić information content (AvgIpc) is 2.12. The average molecular weight is 215 g/mol. The summed E-state index contributed by atoms with van der Waals surface area (Å²) in [5.74, 6) is 0.670. The van der Waals surface area contributed by atoms with Gasteiger partial charge in [0.25, 0.3) is 0 Å². The molecule has 1 rings (SSSR count). The van der Waals surface area contributed by atoms with Crippen molar-refractivity contribution in [2.24, 2.45) is 5.73 Å². The molecule has 1 aromatic rings. The van der Waals surface area contributed by atoms with E-state index in [-0.39, 0.29) is 0 Å². The number of carbonyl (C=O) groups is 1. The van der Waals surface area contributed by atoms with Crippen LogP contribution in [0.1, 0.15) is 0 Å². The lowest BCUT2D eigenvalue weighted by Gasteiger charge is -2.06. The summed E-state index contributed by atoms with van der Waals surface area (Å²) in [7, 11) is 0. The second-order valence-corrected chi connectivity index (χ2v) is 3.03. The molecule has 0 unspecified atom stereocenters. The lowest BCUT2D eigenvalue weighted by atomic mass is 10.3. The summed E-state index contributed by atoms with van der Waals surface area (Å²) in [6.45, 7) is 0.741. The first-order chi connectivity index (χ1) is 6.68. The largest absolute Gasteiger partial charge is 0.492 e. The van der Waals surface area contributed by atoms with Crippen molar-refractivity contribution in [2.45, 2.75) is 0 Å². The summed E-state index contributed by atoms with van der Waals surface area (Å²) >= 11 is 5.74. The maximum atomic E-state index is 10.3. The molecule has 0 atom stereocenters. The number of nitrogens with two attached hydrogens (primary N) is 1. The number of halogens is 1. The van der Waals surface area contributed by atoms with E-state index in [9.17, 15) is 4.79 Å². The molecule has 0 aliphatic rings. The number of primary amides is 1. The summed E-state index contributed by atoms with van der Waals surface area (Å²) in [6, 6.07) is 6.48. The Morgan fingerprint density at radius 1 is 1.57 bits per heavy atom. The van der Waals surface area contributed by atoms with Crippen molar-refractivity contribution in [2.75, 3.05) is 13.2 Å². The smallest absolute Gasteiger partial charge is 0.312 e. The molecule has 0 heterocycles. The van der Waals surface area contributed by atoms with Gasteiger partial charge in [0, 0.05) is 5.02 Å². The van der Waals surface area contributed by atoms with Crippen LogP contribution in [0.3, 0.4) is 0 Å². The van der Waals surface area contributed by atoms with E-state index in [1.54, 1.807) is 24.3 Å². The predicted octanol–water partition coefficient (Wildman–Crippen LogP) is 1.39. The Bertz CT molecular complexity index is 317. The zero-order valence-corrected chi connectivity index (χ0v) is 8.25. The molecular formula is C9H11ClN2O2. The molecule has 0 aromatic heterocycles. The zero-order valence-electron chi connectivity index (χ0n) is 7.50. The highest BCUT2D eigenvalue weighted by Gasteiger charge is 1.95. The monoisotopic (exact) mass is 214 g/mol. The third-order valence-corrected chi connectivity index (χ3v) is 1.70. The van der Waals surface area contributed by atoms with Crippen LogP contribution in [0.2, 0.25) is 5.02 Å². The highest BCUT2D eigenvalue weighted by Crippen LogP contribution is 2.16. The van der Waals surface area contributed by atoms with Gasteiger partial charge in [-0.25, -0.2) is 4.79 Å². The Morgan fingerprint density at radius 3 is 3.00 bits per heavy atom. The van der Waals surface area contributed by atoms with Gasteiger partial charge < -0.3 is 15.8 Å². The Balaban J connectivity index is 2.28. The number of urea groups is 1. The van der Waals surface area contributed by atoms with Crippen molar-refractivity contribution in [1.29, 1.82) is 0 Å². The van der Waals surface area contributed by atoms with Crippen molar-refractivity contribution < 1.29 is 9.53 Å². The van der Waals surface area contributed by atoms with Gasteiger partial charge in [0.1, 0.15) is 12.4 Å². The summed E-state index contributed by atoms with van der Waals surface area (Å²) in [5, 5.41) is 3.03. The van der Waals surface area contributed by atoms with Gasteiger partial charge in [-0.15, -0.1) is 0 Å². The van der Waals surface area contributed by atoms with E-state index in [0.29, 0.717) is 23.9 Å². The summed E-state index contributed by atoms with van der Waals surface area (Å²) in [4.78, 5) is 10.3. The molecule has 0 aliphatic heterocycles. The van der Waals surface area contributed by atoms with Gasteiger partial charge in [0.2, 0.25) is 0 Å². The number of hydrogen-bond acceptors (Lipinski definition) is 2. The van der Waals surface area contributed by atoms with E-state index in [1.165, 1.54) is 0 Å². The second-order valence-electron chi connectivity index (χ2n) is 2.60. The molecule has 2 amide bonds. The molecule has 0 saturated heterocycles. The topological polar surface area (TPSA) is 64.4 Å². The van der Waals surface area contributed by atoms with Gasteiger partial charge in [-0.2, -0.15) is 0 Å². The van der Waals surface area contributed by atoms with Crippen molar-refractivity contribution >= 4 is 17.6 Å². The number of amides is 2. The first kappa shape index (κ1) is 10.7. The van der Waals surface area contributed by atoms with Gasteiger partial charge in [0.15, 0.2) is 0 Å². The maximum absolute atomic E-state index is 10.3. The van der Waals surface area contributed by atoms with Crippen LogP contribution in [-0.2, 0) is 0 Å². The Labute approximate surface area is 87.0 Å². The highest BCUT2D eigenvalue weighted by molar-refractivity contribution is 6.30. The zero-order chi connectivity index (χ0) is 10.4. The van der Waals surface area contributed by atoms with Crippen molar-refractivity contribution in [3.63, 3.8) is 0 Å². The molecule has 4 nitrogen and oxygen atoms in total. The maximum Gasteiger partial charge on any atom is 0.312 e. The molecule has 0 saturated carbocycles. The molecule has 0 bridgehead atoms. The number of rotatable bonds is 4. The Hall–Kier alpha value is -1.42. The lowest BCUT2D eigenvalue weighted by molar-refractivity contribution is 0.244. The molecule has 0 spiro atoms. The standard InChI is InChI=1S/C9H11ClN2O2/c10-7-2-1-3-8(6-7)14-5-4-12-9(11)13/h1-3,6H,4-5H2,(H3,11,12,13). The minimum atomic E-state index is -0.556. The van der Waals surface area contributed by atoms with Crippen molar-refractivity contribution in [3.8, 4) is 5.75 Å². The second kappa shape index (κ2) is 5.34. The summed E-state index contributed by atoms with van der Waals surface area (Å²) in [5.41, 5.74) is 4.87. The van der Waals surface area contributed by atoms with E-state index in [2.05, 4.69) is 5.32 Å². The number of benzene rings is 1. The fourth-order valence-corrected chi connectivity index (χ4v) is 1.08. The third-order valence-electron chi connectivity index (χ3n) is 1.47. The van der Waals surface area contributed by atoms with Crippen LogP contribution in [-0.4, -0.2) is 19.2 Å². The lowest BCUT2D eigenvalue weighted by Crippen LogP contribution is -2.32. The summed E-state index contributed by atoms with van der Waals surface area (Å²) < 4.78 is 5.28. The minimum Gasteiger partial charge on any atom is -0.492 e. The number of ether oxygens (including phenoxy) is 1. The van der Waals surface area contributed by atoms with Crippen molar-refractivity contribution in [1.82, 2.24) is 5.32 Å². The van der Waals surface area contributed by atoms with Crippen LogP contribution in [0, 0.1) is 0 Å². The van der Waals surface area contributed by atoms with E-state index in [0.717, 1.165) is 0 Å². The minimum absolute atomic E-state index is 0.364. The van der Waals surface area contributed by atoms with Crippen LogP contribution >= 0.6 is 11.6 Å². The Kier molecular flexibility index (Phi) is 4.07. The van der Waals surface area contributed by atoms with Gasteiger partial charge in [-0.1, -0.05) is 17.7 Å². The molecule has 1 aromatic carbocycles. The normalized spacial score (nSPS) is 9.50. The fraction of sp³-hybridized carbons (Fsp3) is 0.222. The van der Waals surface area contributed by atoms with Crippen LogP contribution < -0.4 is 15.8 Å². The van der Waals surface area contributed by atoms with E-state index >= 15 is 0 Å². The van der Waals surface area contributed by atoms with Gasteiger partial charge in [-0.3, -0.25) is 0 Å². The molecule has 14 heavy (non-hydrogen) atoms. The molecule has 0 fully saturated rings. The molecular weight excluding hydrogens is 204 g/mol. The van der Waals surface area contributed by atoms with E-state index in [4.69, 9.17) is 22.1 Å². The molecule has 0 radical (unpaired) electrons. The van der Waals surface area contributed by atoms with Crippen LogP contribution in [0.4, 0.5) is 4.79 Å². The van der Waals surface area contributed by atoms with E-state index in [1.807, 2.05) is 0 Å². The molecule has 3 N–H and O–H groups in total. The number of carbonyl (C=O) groups excluding carboxylic acids is 1. The van der Waals surface area contributed by atoms with Crippen molar-refractivity contribution in [3.05, 3.63) is 29.3 Å². The van der Waals surface area contributed by atoms with Gasteiger partial charge >= 0.3 is 6.03 Å². The molecule has 5 heteroatoms. The van der Waals surface area contributed by atoms with Crippen LogP contribution in [0.15, 0.2) is 24.3 Å². The number of nitrogens with one attached hydrogen (secondary N) is 1.